The summed E-state index contributed by atoms with van der Waals surface area (Å²) in [6.07, 6.45) is 2.83. The maximum Gasteiger partial charge on any atom is 0.306 e. The Morgan fingerprint density at radius 2 is 2.38 bits per heavy atom. The quantitative estimate of drug-likeness (QED) is 0.741. The Morgan fingerprint density at radius 1 is 1.69 bits per heavy atom. The van der Waals surface area contributed by atoms with Gasteiger partial charge in [-0.2, -0.15) is 0 Å². The summed E-state index contributed by atoms with van der Waals surface area (Å²) in [6, 6.07) is 1.58. The molecule has 0 aliphatic rings. The molecule has 1 heterocycles. The van der Waals surface area contributed by atoms with Crippen LogP contribution in [-0.4, -0.2) is 16.2 Å². The third-order valence-electron chi connectivity index (χ3n) is 2.09. The molecule has 72 valence electrons. The molecule has 0 fully saturated rings. The molecule has 0 aliphatic carbocycles. The van der Waals surface area contributed by atoms with Crippen molar-refractivity contribution in [3.05, 3.63) is 24.2 Å². The van der Waals surface area contributed by atoms with Gasteiger partial charge in [0.05, 0.1) is 18.9 Å². The number of aliphatic hydroxyl groups is 1. The summed E-state index contributed by atoms with van der Waals surface area (Å²) in [5.41, 5.74) is -0.795. The van der Waals surface area contributed by atoms with E-state index >= 15 is 0 Å². The molecule has 0 radical (unpaired) electrons. The minimum Gasteiger partial charge on any atom is -0.481 e. The van der Waals surface area contributed by atoms with Gasteiger partial charge in [0.25, 0.3) is 0 Å². The third kappa shape index (κ3) is 2.09. The third-order valence-corrected chi connectivity index (χ3v) is 2.09. The van der Waals surface area contributed by atoms with Crippen molar-refractivity contribution in [2.75, 3.05) is 0 Å². The number of carboxylic acid groups (broad SMARTS) is 1. The topological polar surface area (TPSA) is 70.7 Å². The molecule has 1 atom stereocenters. The largest absolute Gasteiger partial charge is 0.481 e. The summed E-state index contributed by atoms with van der Waals surface area (Å²) in [7, 11) is 0. The molecule has 4 nitrogen and oxygen atoms in total. The first kappa shape index (κ1) is 9.80. The molecule has 0 saturated heterocycles. The van der Waals surface area contributed by atoms with Crippen molar-refractivity contribution in [3.63, 3.8) is 0 Å². The van der Waals surface area contributed by atoms with E-state index in [1.54, 1.807) is 13.0 Å². The van der Waals surface area contributed by atoms with Crippen LogP contribution in [0.1, 0.15) is 25.3 Å². The Kier molecular flexibility index (Phi) is 2.72. The van der Waals surface area contributed by atoms with Crippen LogP contribution >= 0.6 is 0 Å². The molecule has 1 rings (SSSR count). The smallest absolute Gasteiger partial charge is 0.306 e. The standard InChI is InChI=1S/C9H12O4/c1-2-9(12,5-8(10)11)7-3-4-13-6-7/h3-4,6,12H,2,5H2,1H3,(H,10,11). The van der Waals surface area contributed by atoms with E-state index in [1.165, 1.54) is 12.5 Å². The Balaban J connectivity index is 2.87. The molecular formula is C9H12O4. The zero-order valence-electron chi connectivity index (χ0n) is 7.36. The molecule has 0 amide bonds. The monoisotopic (exact) mass is 184 g/mol. The van der Waals surface area contributed by atoms with Crippen LogP contribution in [0.2, 0.25) is 0 Å². The van der Waals surface area contributed by atoms with Crippen LogP contribution in [-0.2, 0) is 10.4 Å². The Labute approximate surface area is 75.8 Å². The number of aliphatic carboxylic acids is 1. The lowest BCUT2D eigenvalue weighted by Crippen LogP contribution is -2.27. The maximum atomic E-state index is 10.5. The first-order valence-corrected chi connectivity index (χ1v) is 4.05. The average molecular weight is 184 g/mol. The molecule has 0 aromatic carbocycles. The fourth-order valence-electron chi connectivity index (χ4n) is 1.21. The fraction of sp³-hybridized carbons (Fsp3) is 0.444. The van der Waals surface area contributed by atoms with Crippen molar-refractivity contribution in [2.45, 2.75) is 25.4 Å². The zero-order chi connectivity index (χ0) is 9.90. The highest BCUT2D eigenvalue weighted by atomic mass is 16.4. The number of carbonyl (C=O) groups is 1. The lowest BCUT2D eigenvalue weighted by atomic mass is 9.90. The summed E-state index contributed by atoms with van der Waals surface area (Å²) in [5.74, 6) is -1.02. The molecule has 0 bridgehead atoms. The van der Waals surface area contributed by atoms with Crippen molar-refractivity contribution in [1.82, 2.24) is 0 Å². The molecule has 1 aromatic heterocycles. The minimum atomic E-state index is -1.31. The maximum absolute atomic E-state index is 10.5. The van der Waals surface area contributed by atoms with Gasteiger partial charge in [0.2, 0.25) is 0 Å². The SMILES string of the molecule is CCC(O)(CC(=O)O)c1ccoc1. The van der Waals surface area contributed by atoms with Gasteiger partial charge in [0.15, 0.2) is 0 Å². The number of hydrogen-bond acceptors (Lipinski definition) is 3. The van der Waals surface area contributed by atoms with Gasteiger partial charge < -0.3 is 14.6 Å². The highest BCUT2D eigenvalue weighted by Crippen LogP contribution is 2.28. The fourth-order valence-corrected chi connectivity index (χ4v) is 1.21. The van der Waals surface area contributed by atoms with Crippen LogP contribution in [0.5, 0.6) is 0 Å². The number of carboxylic acids is 1. The molecule has 13 heavy (non-hydrogen) atoms. The summed E-state index contributed by atoms with van der Waals surface area (Å²) < 4.78 is 4.79. The first-order chi connectivity index (χ1) is 6.08. The van der Waals surface area contributed by atoms with E-state index < -0.39 is 11.6 Å². The second-order valence-corrected chi connectivity index (χ2v) is 2.97. The number of rotatable bonds is 4. The van der Waals surface area contributed by atoms with E-state index in [4.69, 9.17) is 9.52 Å². The van der Waals surface area contributed by atoms with E-state index in [2.05, 4.69) is 0 Å². The van der Waals surface area contributed by atoms with Crippen LogP contribution in [0.4, 0.5) is 0 Å². The lowest BCUT2D eigenvalue weighted by Gasteiger charge is -2.22. The van der Waals surface area contributed by atoms with E-state index in [9.17, 15) is 9.90 Å². The second kappa shape index (κ2) is 3.62. The minimum absolute atomic E-state index is 0.303. The Bertz CT molecular complexity index is 278. The molecule has 0 saturated carbocycles. The van der Waals surface area contributed by atoms with E-state index in [0.29, 0.717) is 12.0 Å². The molecule has 4 heteroatoms. The molecule has 0 aliphatic heterocycles. The van der Waals surface area contributed by atoms with Crippen LogP contribution in [0, 0.1) is 0 Å². The van der Waals surface area contributed by atoms with Gasteiger partial charge in [-0.15, -0.1) is 0 Å². The second-order valence-electron chi connectivity index (χ2n) is 2.97. The van der Waals surface area contributed by atoms with E-state index in [1.807, 2.05) is 0 Å². The van der Waals surface area contributed by atoms with Crippen molar-refractivity contribution in [3.8, 4) is 0 Å². The summed E-state index contributed by atoms with van der Waals surface area (Å²) in [4.78, 5) is 10.5. The van der Waals surface area contributed by atoms with Gasteiger partial charge in [-0.25, -0.2) is 0 Å². The molecule has 2 N–H and O–H groups in total. The van der Waals surface area contributed by atoms with Crippen molar-refractivity contribution >= 4 is 5.97 Å². The van der Waals surface area contributed by atoms with Crippen LogP contribution < -0.4 is 0 Å². The van der Waals surface area contributed by atoms with Crippen LogP contribution in [0.15, 0.2) is 23.0 Å². The molecular weight excluding hydrogens is 172 g/mol. The Hall–Kier alpha value is -1.29. The first-order valence-electron chi connectivity index (χ1n) is 4.05. The molecule has 1 unspecified atom stereocenters. The van der Waals surface area contributed by atoms with Crippen molar-refractivity contribution < 1.29 is 19.4 Å². The van der Waals surface area contributed by atoms with Gasteiger partial charge in [-0.1, -0.05) is 6.92 Å². The predicted molar refractivity (Wildman–Crippen MR) is 45.1 cm³/mol. The lowest BCUT2D eigenvalue weighted by molar-refractivity contribution is -0.143. The average Bonchev–Trinajstić information content (AvgIpc) is 2.55. The van der Waals surface area contributed by atoms with Gasteiger partial charge >= 0.3 is 5.97 Å². The zero-order valence-corrected chi connectivity index (χ0v) is 7.36. The molecule has 1 aromatic rings. The van der Waals surface area contributed by atoms with Crippen LogP contribution in [0.3, 0.4) is 0 Å². The van der Waals surface area contributed by atoms with Crippen molar-refractivity contribution in [1.29, 1.82) is 0 Å². The summed E-state index contributed by atoms with van der Waals surface area (Å²) >= 11 is 0. The summed E-state index contributed by atoms with van der Waals surface area (Å²) in [5, 5.41) is 18.5. The van der Waals surface area contributed by atoms with Crippen molar-refractivity contribution in [2.24, 2.45) is 0 Å². The number of furan rings is 1. The van der Waals surface area contributed by atoms with Gasteiger partial charge in [0.1, 0.15) is 5.60 Å². The summed E-state index contributed by atoms with van der Waals surface area (Å²) in [6.45, 7) is 1.73. The highest BCUT2D eigenvalue weighted by molar-refractivity contribution is 5.68. The Morgan fingerprint density at radius 3 is 2.77 bits per heavy atom. The van der Waals surface area contributed by atoms with E-state index in [0.717, 1.165) is 0 Å². The van der Waals surface area contributed by atoms with Gasteiger partial charge in [-0.3, -0.25) is 4.79 Å². The van der Waals surface area contributed by atoms with Crippen LogP contribution in [0.25, 0.3) is 0 Å². The number of hydrogen-bond donors (Lipinski definition) is 2. The highest BCUT2D eigenvalue weighted by Gasteiger charge is 2.31. The van der Waals surface area contributed by atoms with Gasteiger partial charge in [-0.05, 0) is 12.5 Å². The van der Waals surface area contributed by atoms with E-state index in [-0.39, 0.29) is 6.42 Å². The normalized spacial score (nSPS) is 15.2. The predicted octanol–water partition coefficient (Wildman–Crippen LogP) is 1.35. The molecule has 0 spiro atoms. The van der Waals surface area contributed by atoms with Gasteiger partial charge in [0, 0.05) is 5.56 Å².